The zero-order valence-electron chi connectivity index (χ0n) is 13.1. The second kappa shape index (κ2) is 5.45. The number of fused-ring (bicyclic) bond motifs is 4. The molecule has 6 heteroatoms. The Morgan fingerprint density at radius 3 is 2.68 bits per heavy atom. The number of para-hydroxylation sites is 2. The van der Waals surface area contributed by atoms with Gasteiger partial charge in [0, 0.05) is 17.8 Å². The molecule has 0 aliphatic carbocycles. The molecule has 5 rings (SSSR count). The van der Waals surface area contributed by atoms with E-state index in [1.165, 1.54) is 0 Å². The molecule has 0 saturated carbocycles. The molecule has 6 nitrogen and oxygen atoms in total. The first kappa shape index (κ1) is 13.7. The topological polar surface area (TPSA) is 68.9 Å². The van der Waals surface area contributed by atoms with Crippen molar-refractivity contribution < 1.29 is 0 Å². The van der Waals surface area contributed by atoms with Gasteiger partial charge < -0.3 is 0 Å². The Labute approximate surface area is 142 Å². The van der Waals surface area contributed by atoms with E-state index < -0.39 is 0 Å². The first-order valence-corrected chi connectivity index (χ1v) is 7.87. The largest absolute Gasteiger partial charge is 0.256 e. The van der Waals surface area contributed by atoms with Crippen LogP contribution in [0.2, 0.25) is 0 Å². The number of aromatic nitrogens is 6. The summed E-state index contributed by atoms with van der Waals surface area (Å²) >= 11 is 0. The molecule has 0 fully saturated rings. The Morgan fingerprint density at radius 1 is 0.800 bits per heavy atom. The molecule has 0 aliphatic heterocycles. The maximum atomic E-state index is 4.60. The molecular formula is C19H12N6. The number of hydrogen-bond acceptors (Lipinski definition) is 5. The maximum absolute atomic E-state index is 4.60. The average molecular weight is 324 g/mol. The molecule has 1 aromatic carbocycles. The SMILES string of the molecule is C(=Cc1nc2c3cccnc3ccn2n1)c1cnc2ccccc2n1. The predicted molar refractivity (Wildman–Crippen MR) is 96.8 cm³/mol. The Hall–Kier alpha value is -3.67. The van der Waals surface area contributed by atoms with Gasteiger partial charge in [-0.3, -0.25) is 9.97 Å². The van der Waals surface area contributed by atoms with Crippen molar-refractivity contribution in [3.8, 4) is 0 Å². The number of hydrogen-bond donors (Lipinski definition) is 0. The van der Waals surface area contributed by atoms with Gasteiger partial charge in [0.1, 0.15) is 0 Å². The first-order chi connectivity index (χ1) is 12.4. The molecule has 0 spiro atoms. The summed E-state index contributed by atoms with van der Waals surface area (Å²) in [6.45, 7) is 0. The lowest BCUT2D eigenvalue weighted by Crippen LogP contribution is -1.88. The fourth-order valence-corrected chi connectivity index (χ4v) is 2.79. The normalized spacial score (nSPS) is 11.8. The van der Waals surface area contributed by atoms with Gasteiger partial charge in [-0.15, -0.1) is 5.10 Å². The van der Waals surface area contributed by atoms with Gasteiger partial charge in [0.05, 0.1) is 28.4 Å². The molecule has 25 heavy (non-hydrogen) atoms. The molecule has 4 heterocycles. The fourth-order valence-electron chi connectivity index (χ4n) is 2.79. The molecule has 4 aromatic heterocycles. The van der Waals surface area contributed by atoms with Crippen LogP contribution in [-0.2, 0) is 0 Å². The highest BCUT2D eigenvalue weighted by Crippen LogP contribution is 2.17. The molecule has 0 bridgehead atoms. The Balaban J connectivity index is 1.56. The third-order valence-corrected chi connectivity index (χ3v) is 3.97. The molecule has 0 atom stereocenters. The molecule has 0 N–H and O–H groups in total. The average Bonchev–Trinajstić information content (AvgIpc) is 3.10. The molecule has 0 radical (unpaired) electrons. The molecular weight excluding hydrogens is 312 g/mol. The van der Waals surface area contributed by atoms with E-state index in [0.29, 0.717) is 5.82 Å². The van der Waals surface area contributed by atoms with Crippen molar-refractivity contribution in [1.29, 1.82) is 0 Å². The lowest BCUT2D eigenvalue weighted by molar-refractivity contribution is 0.958. The van der Waals surface area contributed by atoms with Crippen molar-refractivity contribution in [2.24, 2.45) is 0 Å². The lowest BCUT2D eigenvalue weighted by Gasteiger charge is -1.96. The van der Waals surface area contributed by atoms with Crippen molar-refractivity contribution in [2.75, 3.05) is 0 Å². The van der Waals surface area contributed by atoms with E-state index in [0.717, 1.165) is 33.3 Å². The van der Waals surface area contributed by atoms with E-state index in [1.807, 2.05) is 60.8 Å². The number of pyridine rings is 2. The van der Waals surface area contributed by atoms with Crippen LogP contribution in [0.15, 0.2) is 61.1 Å². The summed E-state index contributed by atoms with van der Waals surface area (Å²) in [5, 5.41) is 5.46. The van der Waals surface area contributed by atoms with Crippen molar-refractivity contribution in [2.45, 2.75) is 0 Å². The highest BCUT2D eigenvalue weighted by Gasteiger charge is 2.06. The molecule has 5 aromatic rings. The minimum Gasteiger partial charge on any atom is -0.256 e. The van der Waals surface area contributed by atoms with Gasteiger partial charge >= 0.3 is 0 Å². The van der Waals surface area contributed by atoms with Crippen LogP contribution in [0.25, 0.3) is 39.7 Å². The first-order valence-electron chi connectivity index (χ1n) is 7.87. The van der Waals surface area contributed by atoms with Crippen LogP contribution in [-0.4, -0.2) is 29.5 Å². The van der Waals surface area contributed by atoms with Crippen LogP contribution in [0, 0.1) is 0 Å². The fraction of sp³-hybridized carbons (Fsp3) is 0. The monoisotopic (exact) mass is 324 g/mol. The quantitative estimate of drug-likeness (QED) is 0.498. The molecule has 0 amide bonds. The number of nitrogens with zero attached hydrogens (tertiary/aromatic N) is 6. The van der Waals surface area contributed by atoms with Gasteiger partial charge in [-0.2, -0.15) is 0 Å². The maximum Gasteiger partial charge on any atom is 0.175 e. The minimum absolute atomic E-state index is 0.617. The van der Waals surface area contributed by atoms with E-state index in [9.17, 15) is 0 Å². The van der Waals surface area contributed by atoms with Gasteiger partial charge in [-0.1, -0.05) is 12.1 Å². The predicted octanol–water partition coefficient (Wildman–Crippen LogP) is 3.39. The van der Waals surface area contributed by atoms with Gasteiger partial charge in [0.15, 0.2) is 11.5 Å². The van der Waals surface area contributed by atoms with Crippen LogP contribution in [0.5, 0.6) is 0 Å². The van der Waals surface area contributed by atoms with Crippen molar-refractivity contribution in [1.82, 2.24) is 29.5 Å². The highest BCUT2D eigenvalue weighted by molar-refractivity contribution is 5.91. The van der Waals surface area contributed by atoms with Gasteiger partial charge in [-0.05, 0) is 42.5 Å². The number of benzene rings is 1. The van der Waals surface area contributed by atoms with Crippen LogP contribution in [0.4, 0.5) is 0 Å². The standard InChI is InChI=1S/C19H12N6/c1-2-6-17-16(5-1)21-12-13(22-17)7-8-18-23-19-14-4-3-10-20-15(14)9-11-25(19)24-18/h1-12H. The van der Waals surface area contributed by atoms with Crippen LogP contribution in [0.1, 0.15) is 11.5 Å². The minimum atomic E-state index is 0.617. The van der Waals surface area contributed by atoms with E-state index in [-0.39, 0.29) is 0 Å². The molecule has 0 saturated heterocycles. The molecule has 0 unspecified atom stereocenters. The zero-order chi connectivity index (χ0) is 16.6. The van der Waals surface area contributed by atoms with Crippen LogP contribution in [0.3, 0.4) is 0 Å². The van der Waals surface area contributed by atoms with Crippen molar-refractivity contribution in [3.05, 3.63) is 72.6 Å². The molecule has 118 valence electrons. The van der Waals surface area contributed by atoms with Gasteiger partial charge in [0.2, 0.25) is 0 Å². The van der Waals surface area contributed by atoms with E-state index in [1.54, 1.807) is 16.9 Å². The molecule has 0 aliphatic rings. The third-order valence-electron chi connectivity index (χ3n) is 3.97. The second-order valence-electron chi connectivity index (χ2n) is 5.61. The van der Waals surface area contributed by atoms with Gasteiger partial charge in [0.25, 0.3) is 0 Å². The summed E-state index contributed by atoms with van der Waals surface area (Å²) in [5.74, 6) is 0.617. The second-order valence-corrected chi connectivity index (χ2v) is 5.61. The van der Waals surface area contributed by atoms with Crippen LogP contribution >= 0.6 is 0 Å². The summed E-state index contributed by atoms with van der Waals surface area (Å²) in [4.78, 5) is 17.9. The van der Waals surface area contributed by atoms with E-state index in [2.05, 4.69) is 25.0 Å². The summed E-state index contributed by atoms with van der Waals surface area (Å²) in [6.07, 6.45) is 9.09. The van der Waals surface area contributed by atoms with Crippen molar-refractivity contribution >= 4 is 39.7 Å². The van der Waals surface area contributed by atoms with Gasteiger partial charge in [-0.25, -0.2) is 14.5 Å². The Morgan fingerprint density at radius 2 is 1.72 bits per heavy atom. The Kier molecular flexibility index (Phi) is 3.00. The van der Waals surface area contributed by atoms with E-state index in [4.69, 9.17) is 0 Å². The summed E-state index contributed by atoms with van der Waals surface area (Å²) < 4.78 is 1.76. The Bertz CT molecular complexity index is 1250. The van der Waals surface area contributed by atoms with E-state index >= 15 is 0 Å². The summed E-state index contributed by atoms with van der Waals surface area (Å²) in [7, 11) is 0. The summed E-state index contributed by atoms with van der Waals surface area (Å²) in [5.41, 5.74) is 4.20. The van der Waals surface area contributed by atoms with Crippen molar-refractivity contribution in [3.63, 3.8) is 0 Å². The van der Waals surface area contributed by atoms with Crippen LogP contribution < -0.4 is 0 Å². The summed E-state index contributed by atoms with van der Waals surface area (Å²) in [6, 6.07) is 13.6. The smallest absolute Gasteiger partial charge is 0.175 e. The third kappa shape index (κ3) is 2.40. The lowest BCUT2D eigenvalue weighted by atomic mass is 10.2. The zero-order valence-corrected chi connectivity index (χ0v) is 13.1. The highest BCUT2D eigenvalue weighted by atomic mass is 15.3. The number of rotatable bonds is 2.